The maximum atomic E-state index is 5.46. The van der Waals surface area contributed by atoms with Crippen molar-refractivity contribution in [2.24, 2.45) is 5.92 Å². The van der Waals surface area contributed by atoms with Gasteiger partial charge >= 0.3 is 0 Å². The molecule has 13 heavy (non-hydrogen) atoms. The highest BCUT2D eigenvalue weighted by Gasteiger charge is 2.00. The molecular formula is C8H15N5. The van der Waals surface area contributed by atoms with E-state index in [2.05, 4.69) is 34.1 Å². The van der Waals surface area contributed by atoms with Crippen molar-refractivity contribution in [2.75, 3.05) is 17.6 Å². The van der Waals surface area contributed by atoms with Crippen LogP contribution in [0.3, 0.4) is 0 Å². The molecule has 1 aromatic rings. The van der Waals surface area contributed by atoms with Gasteiger partial charge in [-0.15, -0.1) is 0 Å². The van der Waals surface area contributed by atoms with Crippen molar-refractivity contribution in [3.63, 3.8) is 0 Å². The van der Waals surface area contributed by atoms with Crippen LogP contribution in [0, 0.1) is 12.8 Å². The molecular weight excluding hydrogens is 166 g/mol. The normalized spacial score (nSPS) is 10.5. The quantitative estimate of drug-likeness (QED) is 0.722. The zero-order valence-electron chi connectivity index (χ0n) is 8.20. The maximum Gasteiger partial charge on any atom is 0.227 e. The zero-order valence-corrected chi connectivity index (χ0v) is 8.20. The van der Waals surface area contributed by atoms with Gasteiger partial charge in [0.25, 0.3) is 0 Å². The lowest BCUT2D eigenvalue weighted by molar-refractivity contribution is 0.683. The van der Waals surface area contributed by atoms with E-state index in [1.807, 2.05) is 0 Å². The van der Waals surface area contributed by atoms with Gasteiger partial charge in [0.2, 0.25) is 11.9 Å². The Balaban J connectivity index is 2.66. The van der Waals surface area contributed by atoms with Crippen molar-refractivity contribution >= 4 is 11.9 Å². The molecule has 0 aliphatic rings. The fourth-order valence-corrected chi connectivity index (χ4v) is 0.877. The van der Waals surface area contributed by atoms with Gasteiger partial charge in [-0.05, 0) is 12.8 Å². The third kappa shape index (κ3) is 3.23. The molecule has 0 saturated carbocycles. The minimum absolute atomic E-state index is 0.263. The van der Waals surface area contributed by atoms with Gasteiger partial charge in [-0.2, -0.15) is 15.0 Å². The van der Waals surface area contributed by atoms with Crippen molar-refractivity contribution in [3.05, 3.63) is 5.82 Å². The first kappa shape index (κ1) is 9.70. The highest BCUT2D eigenvalue weighted by molar-refractivity contribution is 5.30. The summed E-state index contributed by atoms with van der Waals surface area (Å²) >= 11 is 0. The van der Waals surface area contributed by atoms with Crippen LogP contribution >= 0.6 is 0 Å². The number of aryl methyl sites for hydroxylation is 1. The van der Waals surface area contributed by atoms with Crippen LogP contribution in [-0.2, 0) is 0 Å². The summed E-state index contributed by atoms with van der Waals surface area (Å²) in [4.78, 5) is 11.9. The first-order valence-corrected chi connectivity index (χ1v) is 4.30. The second kappa shape index (κ2) is 4.02. The van der Waals surface area contributed by atoms with Crippen LogP contribution in [0.1, 0.15) is 19.7 Å². The van der Waals surface area contributed by atoms with Crippen LogP contribution in [0.25, 0.3) is 0 Å². The second-order valence-electron chi connectivity index (χ2n) is 3.34. The minimum atomic E-state index is 0.263. The monoisotopic (exact) mass is 181 g/mol. The Labute approximate surface area is 77.8 Å². The molecule has 1 rings (SSSR count). The topological polar surface area (TPSA) is 76.7 Å². The Kier molecular flexibility index (Phi) is 3.00. The van der Waals surface area contributed by atoms with Crippen LogP contribution in [0.4, 0.5) is 11.9 Å². The average molecular weight is 181 g/mol. The molecule has 5 nitrogen and oxygen atoms in total. The number of nitrogens with one attached hydrogen (secondary N) is 1. The fraction of sp³-hybridized carbons (Fsp3) is 0.625. The van der Waals surface area contributed by atoms with Crippen LogP contribution in [-0.4, -0.2) is 21.5 Å². The molecule has 0 aliphatic carbocycles. The van der Waals surface area contributed by atoms with Crippen molar-refractivity contribution in [3.8, 4) is 0 Å². The number of nitrogens with zero attached hydrogens (tertiary/aromatic N) is 3. The molecule has 0 aliphatic heterocycles. The lowest BCUT2D eigenvalue weighted by Gasteiger charge is -2.07. The highest BCUT2D eigenvalue weighted by atomic mass is 15.2. The Morgan fingerprint density at radius 3 is 2.54 bits per heavy atom. The summed E-state index contributed by atoms with van der Waals surface area (Å²) in [6.45, 7) is 6.86. The number of anilines is 2. The molecule has 0 atom stereocenters. The largest absolute Gasteiger partial charge is 0.368 e. The Morgan fingerprint density at radius 1 is 1.31 bits per heavy atom. The summed E-state index contributed by atoms with van der Waals surface area (Å²) in [6, 6.07) is 0. The molecule has 0 amide bonds. The van der Waals surface area contributed by atoms with Crippen LogP contribution in [0.2, 0.25) is 0 Å². The number of rotatable bonds is 3. The summed E-state index contributed by atoms with van der Waals surface area (Å²) in [5.41, 5.74) is 5.46. The van der Waals surface area contributed by atoms with E-state index in [1.54, 1.807) is 6.92 Å². The molecule has 0 aromatic carbocycles. The van der Waals surface area contributed by atoms with Gasteiger partial charge in [0, 0.05) is 6.54 Å². The van der Waals surface area contributed by atoms with Crippen molar-refractivity contribution < 1.29 is 0 Å². The summed E-state index contributed by atoms with van der Waals surface area (Å²) in [7, 11) is 0. The first-order valence-electron chi connectivity index (χ1n) is 4.30. The van der Waals surface area contributed by atoms with Crippen molar-refractivity contribution in [1.29, 1.82) is 0 Å². The first-order chi connectivity index (χ1) is 6.08. The molecule has 72 valence electrons. The number of hydrogen-bond donors (Lipinski definition) is 2. The molecule has 0 unspecified atom stereocenters. The van der Waals surface area contributed by atoms with Crippen LogP contribution in [0.5, 0.6) is 0 Å². The van der Waals surface area contributed by atoms with E-state index in [4.69, 9.17) is 5.73 Å². The van der Waals surface area contributed by atoms with E-state index in [-0.39, 0.29) is 5.95 Å². The Morgan fingerprint density at radius 2 is 2.00 bits per heavy atom. The summed E-state index contributed by atoms with van der Waals surface area (Å²) in [5, 5.41) is 3.08. The van der Waals surface area contributed by atoms with Gasteiger partial charge in [0.15, 0.2) is 0 Å². The lowest BCUT2D eigenvalue weighted by atomic mass is 10.2. The van der Waals surface area contributed by atoms with E-state index >= 15 is 0 Å². The zero-order chi connectivity index (χ0) is 9.84. The Hall–Kier alpha value is -1.39. The number of hydrogen-bond acceptors (Lipinski definition) is 5. The van der Waals surface area contributed by atoms with Gasteiger partial charge in [-0.3, -0.25) is 0 Å². The second-order valence-corrected chi connectivity index (χ2v) is 3.34. The fourth-order valence-electron chi connectivity index (χ4n) is 0.877. The highest BCUT2D eigenvalue weighted by Crippen LogP contribution is 2.02. The Bertz CT molecular complexity index is 264. The van der Waals surface area contributed by atoms with Crippen molar-refractivity contribution in [1.82, 2.24) is 15.0 Å². The minimum Gasteiger partial charge on any atom is -0.368 e. The molecule has 1 aromatic heterocycles. The molecule has 3 N–H and O–H groups in total. The maximum absolute atomic E-state index is 5.46. The van der Waals surface area contributed by atoms with E-state index in [1.165, 1.54) is 0 Å². The molecule has 5 heteroatoms. The molecule has 0 fully saturated rings. The van der Waals surface area contributed by atoms with Gasteiger partial charge < -0.3 is 11.1 Å². The predicted octanol–water partition coefficient (Wildman–Crippen LogP) is 0.830. The predicted molar refractivity (Wildman–Crippen MR) is 52.3 cm³/mol. The van der Waals surface area contributed by atoms with E-state index in [0.717, 1.165) is 6.54 Å². The summed E-state index contributed by atoms with van der Waals surface area (Å²) < 4.78 is 0. The standard InChI is InChI=1S/C8H15N5/c1-5(2)4-10-8-12-6(3)11-7(9)13-8/h5H,4H2,1-3H3,(H3,9,10,11,12,13). The third-order valence-electron chi connectivity index (χ3n) is 1.43. The number of nitrogens with two attached hydrogens (primary N) is 1. The molecule has 0 saturated heterocycles. The summed E-state index contributed by atoms with van der Waals surface area (Å²) in [5.74, 6) is 2.01. The SMILES string of the molecule is Cc1nc(N)nc(NCC(C)C)n1. The summed E-state index contributed by atoms with van der Waals surface area (Å²) in [6.07, 6.45) is 0. The molecule has 0 radical (unpaired) electrons. The van der Waals surface area contributed by atoms with Crippen LogP contribution in [0.15, 0.2) is 0 Å². The third-order valence-corrected chi connectivity index (χ3v) is 1.43. The van der Waals surface area contributed by atoms with Crippen LogP contribution < -0.4 is 11.1 Å². The smallest absolute Gasteiger partial charge is 0.227 e. The van der Waals surface area contributed by atoms with Gasteiger partial charge in [-0.1, -0.05) is 13.8 Å². The number of aromatic nitrogens is 3. The van der Waals surface area contributed by atoms with Crippen molar-refractivity contribution in [2.45, 2.75) is 20.8 Å². The molecule has 0 spiro atoms. The van der Waals surface area contributed by atoms with E-state index in [0.29, 0.717) is 17.7 Å². The lowest BCUT2D eigenvalue weighted by Crippen LogP contribution is -2.12. The van der Waals surface area contributed by atoms with Gasteiger partial charge in [0.05, 0.1) is 0 Å². The number of nitrogen functional groups attached to an aromatic ring is 1. The van der Waals surface area contributed by atoms with E-state index in [9.17, 15) is 0 Å². The molecule has 0 bridgehead atoms. The van der Waals surface area contributed by atoms with E-state index < -0.39 is 0 Å². The van der Waals surface area contributed by atoms with Gasteiger partial charge in [-0.25, -0.2) is 0 Å². The molecule has 1 heterocycles. The average Bonchev–Trinajstić information content (AvgIpc) is 1.99. The van der Waals surface area contributed by atoms with Gasteiger partial charge in [0.1, 0.15) is 5.82 Å².